The molecule has 0 aliphatic rings. The first-order valence-electron chi connectivity index (χ1n) is 10.0. The number of carbonyl (C=O) groups is 1. The third-order valence-corrected chi connectivity index (χ3v) is 4.78. The number of hydrogen-bond donors (Lipinski definition) is 1. The van der Waals surface area contributed by atoms with E-state index in [-0.39, 0.29) is 11.3 Å². The number of aryl methyl sites for hydroxylation is 1. The maximum Gasteiger partial charge on any atom is 0.261 e. The fraction of sp³-hybridized carbons (Fsp3) is 0.458. The first-order chi connectivity index (χ1) is 13.3. The Morgan fingerprint density at radius 3 is 2.36 bits per heavy atom. The van der Waals surface area contributed by atoms with Crippen LogP contribution in [0.1, 0.15) is 51.7 Å². The van der Waals surface area contributed by atoms with Gasteiger partial charge in [-0.3, -0.25) is 4.79 Å². The smallest absolute Gasteiger partial charge is 0.261 e. The van der Waals surface area contributed by atoms with Crippen molar-refractivity contribution >= 4 is 5.91 Å². The van der Waals surface area contributed by atoms with Crippen LogP contribution in [0, 0.1) is 0 Å². The van der Waals surface area contributed by atoms with Gasteiger partial charge in [-0.05, 0) is 54.0 Å². The summed E-state index contributed by atoms with van der Waals surface area (Å²) in [5.74, 6) is 1.55. The summed E-state index contributed by atoms with van der Waals surface area (Å²) in [5.41, 5.74) is 2.50. The van der Waals surface area contributed by atoms with Gasteiger partial charge < -0.3 is 14.8 Å². The number of carbonyl (C=O) groups excluding carboxylic acids is 1. The van der Waals surface area contributed by atoms with E-state index in [9.17, 15) is 4.79 Å². The van der Waals surface area contributed by atoms with Crippen molar-refractivity contribution in [3.63, 3.8) is 0 Å². The quantitative estimate of drug-likeness (QED) is 0.627. The van der Waals surface area contributed by atoms with Gasteiger partial charge in [-0.2, -0.15) is 0 Å². The van der Waals surface area contributed by atoms with Gasteiger partial charge in [0.1, 0.15) is 11.5 Å². The van der Waals surface area contributed by atoms with Crippen molar-refractivity contribution in [3.05, 3.63) is 59.7 Å². The van der Waals surface area contributed by atoms with Crippen LogP contribution in [-0.4, -0.2) is 25.7 Å². The number of benzene rings is 2. The van der Waals surface area contributed by atoms with Gasteiger partial charge in [0.15, 0.2) is 6.10 Å². The lowest BCUT2D eigenvalue weighted by molar-refractivity contribution is -0.128. The fourth-order valence-corrected chi connectivity index (χ4v) is 3.03. The number of ether oxygens (including phenoxy) is 2. The largest absolute Gasteiger partial charge is 0.496 e. The number of rotatable bonds is 9. The highest BCUT2D eigenvalue weighted by atomic mass is 16.5. The zero-order valence-electron chi connectivity index (χ0n) is 17.7. The third kappa shape index (κ3) is 6.29. The van der Waals surface area contributed by atoms with Gasteiger partial charge in [0.05, 0.1) is 7.11 Å². The average Bonchev–Trinajstić information content (AvgIpc) is 2.69. The topological polar surface area (TPSA) is 47.6 Å². The van der Waals surface area contributed by atoms with Gasteiger partial charge in [-0.15, -0.1) is 0 Å². The molecule has 4 nitrogen and oxygen atoms in total. The minimum absolute atomic E-state index is 0.0672. The lowest BCUT2D eigenvalue weighted by Gasteiger charge is -2.21. The lowest BCUT2D eigenvalue weighted by atomic mass is 9.87. The van der Waals surface area contributed by atoms with E-state index < -0.39 is 6.10 Å². The summed E-state index contributed by atoms with van der Waals surface area (Å²) in [6.45, 7) is 9.10. The molecule has 1 atom stereocenters. The van der Waals surface area contributed by atoms with Crippen LogP contribution in [0.25, 0.3) is 0 Å². The molecular weight excluding hydrogens is 350 g/mol. The van der Waals surface area contributed by atoms with Crippen LogP contribution < -0.4 is 14.8 Å². The van der Waals surface area contributed by atoms with Crippen molar-refractivity contribution in [2.75, 3.05) is 13.7 Å². The molecule has 2 rings (SSSR count). The highest BCUT2D eigenvalue weighted by Gasteiger charge is 2.19. The molecule has 0 heterocycles. The molecule has 1 amide bonds. The maximum absolute atomic E-state index is 12.5. The molecule has 0 saturated carbocycles. The summed E-state index contributed by atoms with van der Waals surface area (Å²) in [5, 5.41) is 2.99. The second-order valence-electron chi connectivity index (χ2n) is 8.00. The Balaban J connectivity index is 1.83. The molecule has 1 N–H and O–H groups in total. The van der Waals surface area contributed by atoms with E-state index in [4.69, 9.17) is 9.47 Å². The van der Waals surface area contributed by atoms with Crippen molar-refractivity contribution in [2.45, 2.75) is 58.5 Å². The van der Waals surface area contributed by atoms with Crippen molar-refractivity contribution in [2.24, 2.45) is 0 Å². The summed E-state index contributed by atoms with van der Waals surface area (Å²) in [4.78, 5) is 12.5. The number of hydrogen-bond acceptors (Lipinski definition) is 3. The molecular formula is C24H33NO3. The van der Waals surface area contributed by atoms with E-state index >= 15 is 0 Å². The molecule has 0 aliphatic carbocycles. The molecule has 28 heavy (non-hydrogen) atoms. The molecule has 0 radical (unpaired) electrons. The summed E-state index contributed by atoms with van der Waals surface area (Å²) in [7, 11) is 1.68. The minimum atomic E-state index is -0.480. The van der Waals surface area contributed by atoms with Crippen molar-refractivity contribution < 1.29 is 14.3 Å². The minimum Gasteiger partial charge on any atom is -0.496 e. The predicted octanol–water partition coefficient (Wildman–Crippen LogP) is 4.90. The molecule has 0 spiro atoms. The highest BCUT2D eigenvalue weighted by Crippen LogP contribution is 2.25. The van der Waals surface area contributed by atoms with E-state index in [0.717, 1.165) is 29.9 Å². The standard InChI is InChI=1S/C24H33NO3/c1-6-21(28-20-15-13-19(14-16-20)24(2,3)4)23(26)25-17-9-11-18-10-7-8-12-22(18)27-5/h7-8,10,12-16,21H,6,9,11,17H2,1-5H3,(H,25,26). The van der Waals surface area contributed by atoms with E-state index in [2.05, 4.69) is 44.3 Å². The van der Waals surface area contributed by atoms with E-state index in [1.54, 1.807) is 7.11 Å². The highest BCUT2D eigenvalue weighted by molar-refractivity contribution is 5.81. The Hall–Kier alpha value is -2.49. The maximum atomic E-state index is 12.5. The SMILES string of the molecule is CCC(Oc1ccc(C(C)(C)C)cc1)C(=O)NCCCc1ccccc1OC. The molecule has 4 heteroatoms. The molecule has 0 fully saturated rings. The lowest BCUT2D eigenvalue weighted by Crippen LogP contribution is -2.38. The monoisotopic (exact) mass is 383 g/mol. The van der Waals surface area contributed by atoms with Gasteiger partial charge in [0.2, 0.25) is 0 Å². The summed E-state index contributed by atoms with van der Waals surface area (Å²) in [6, 6.07) is 16.0. The fourth-order valence-electron chi connectivity index (χ4n) is 3.03. The molecule has 0 bridgehead atoms. The average molecular weight is 384 g/mol. The van der Waals surface area contributed by atoms with E-state index in [0.29, 0.717) is 13.0 Å². The van der Waals surface area contributed by atoms with Crippen LogP contribution in [0.5, 0.6) is 11.5 Å². The number of amides is 1. The zero-order valence-corrected chi connectivity index (χ0v) is 17.7. The number of para-hydroxylation sites is 1. The normalized spacial score (nSPS) is 12.3. The van der Waals surface area contributed by atoms with Gasteiger partial charge in [0, 0.05) is 6.54 Å². The predicted molar refractivity (Wildman–Crippen MR) is 114 cm³/mol. The van der Waals surface area contributed by atoms with Crippen LogP contribution in [0.15, 0.2) is 48.5 Å². The second kappa shape index (κ2) is 10.2. The van der Waals surface area contributed by atoms with E-state index in [1.165, 1.54) is 5.56 Å². The zero-order chi connectivity index (χ0) is 20.6. The van der Waals surface area contributed by atoms with Crippen LogP contribution >= 0.6 is 0 Å². The van der Waals surface area contributed by atoms with Gasteiger partial charge in [-0.25, -0.2) is 0 Å². The number of methoxy groups -OCH3 is 1. The molecule has 2 aromatic carbocycles. The van der Waals surface area contributed by atoms with Crippen LogP contribution in [-0.2, 0) is 16.6 Å². The van der Waals surface area contributed by atoms with Gasteiger partial charge >= 0.3 is 0 Å². The first kappa shape index (κ1) is 21.8. The second-order valence-corrected chi connectivity index (χ2v) is 8.00. The Morgan fingerprint density at radius 1 is 1.07 bits per heavy atom. The van der Waals surface area contributed by atoms with Crippen LogP contribution in [0.2, 0.25) is 0 Å². The molecule has 0 aliphatic heterocycles. The molecule has 152 valence electrons. The Labute approximate surface area is 169 Å². The van der Waals surface area contributed by atoms with Crippen molar-refractivity contribution in [1.29, 1.82) is 0 Å². The Bertz CT molecular complexity index is 747. The van der Waals surface area contributed by atoms with Crippen LogP contribution in [0.4, 0.5) is 0 Å². The molecule has 1 unspecified atom stereocenters. The molecule has 2 aromatic rings. The molecule has 0 aromatic heterocycles. The van der Waals surface area contributed by atoms with Crippen LogP contribution in [0.3, 0.4) is 0 Å². The van der Waals surface area contributed by atoms with Crippen molar-refractivity contribution in [3.8, 4) is 11.5 Å². The Kier molecular flexibility index (Phi) is 7.91. The summed E-state index contributed by atoms with van der Waals surface area (Å²) >= 11 is 0. The first-order valence-corrected chi connectivity index (χ1v) is 10.0. The van der Waals surface area contributed by atoms with Gasteiger partial charge in [-0.1, -0.05) is 58.0 Å². The Morgan fingerprint density at radius 2 is 1.75 bits per heavy atom. The molecule has 0 saturated heterocycles. The third-order valence-electron chi connectivity index (χ3n) is 4.78. The number of nitrogens with one attached hydrogen (secondary N) is 1. The van der Waals surface area contributed by atoms with Gasteiger partial charge in [0.25, 0.3) is 5.91 Å². The van der Waals surface area contributed by atoms with E-state index in [1.807, 2.05) is 37.3 Å². The summed E-state index contributed by atoms with van der Waals surface area (Å²) in [6.07, 6.45) is 1.85. The van der Waals surface area contributed by atoms with Crippen molar-refractivity contribution in [1.82, 2.24) is 5.32 Å². The summed E-state index contributed by atoms with van der Waals surface area (Å²) < 4.78 is 11.3.